The highest BCUT2D eigenvalue weighted by atomic mass is 15.0. The maximum Gasteiger partial charge on any atom is 0.130 e. The molecule has 0 amide bonds. The summed E-state index contributed by atoms with van der Waals surface area (Å²) in [5, 5.41) is 3.29. The van der Waals surface area contributed by atoms with Gasteiger partial charge in [0, 0.05) is 54.6 Å². The molecule has 0 saturated carbocycles. The smallest absolute Gasteiger partial charge is 0.130 e. The molecule has 0 unspecified atom stereocenters. The minimum atomic E-state index is 0.725. The standard InChI is InChI=1S/C26H26N4.C3H8/c1-5-6-24(17-27-4)25-11-12-26(29-18-25)30-20(3)15-21-7-9-22(10-8-21)23-13-14-28-19(2)16-23;1-3-2/h5-14,16-18H,1,3,15H2,2,4H3,(H,29,30);3H2,1-2H3/b24-6+,27-17?;. The first-order valence-corrected chi connectivity index (χ1v) is 11.2. The molecule has 2 aromatic heterocycles. The fourth-order valence-electron chi connectivity index (χ4n) is 3.13. The van der Waals surface area contributed by atoms with Gasteiger partial charge in [0.1, 0.15) is 5.82 Å². The predicted octanol–water partition coefficient (Wildman–Crippen LogP) is 7.31. The molecule has 1 aromatic carbocycles. The lowest BCUT2D eigenvalue weighted by Crippen LogP contribution is -2.03. The highest BCUT2D eigenvalue weighted by Crippen LogP contribution is 2.21. The molecule has 0 bridgehead atoms. The molecule has 0 saturated heterocycles. The second-order valence-corrected chi connectivity index (χ2v) is 7.67. The van der Waals surface area contributed by atoms with E-state index < -0.39 is 0 Å². The summed E-state index contributed by atoms with van der Waals surface area (Å²) >= 11 is 0. The van der Waals surface area contributed by atoms with Crippen LogP contribution in [-0.4, -0.2) is 23.2 Å². The van der Waals surface area contributed by atoms with Crippen molar-refractivity contribution in [2.75, 3.05) is 12.4 Å². The number of hydrogen-bond donors (Lipinski definition) is 1. The Labute approximate surface area is 198 Å². The van der Waals surface area contributed by atoms with Crippen LogP contribution in [0.1, 0.15) is 37.1 Å². The molecule has 4 nitrogen and oxygen atoms in total. The van der Waals surface area contributed by atoms with Crippen LogP contribution in [0.3, 0.4) is 0 Å². The summed E-state index contributed by atoms with van der Waals surface area (Å²) < 4.78 is 0. The van der Waals surface area contributed by atoms with Crippen molar-refractivity contribution in [1.82, 2.24) is 9.97 Å². The third-order valence-electron chi connectivity index (χ3n) is 4.57. The molecule has 0 spiro atoms. The van der Waals surface area contributed by atoms with E-state index in [1.807, 2.05) is 43.6 Å². The second-order valence-electron chi connectivity index (χ2n) is 7.67. The van der Waals surface area contributed by atoms with E-state index in [0.717, 1.165) is 34.8 Å². The molecule has 3 rings (SSSR count). The fourth-order valence-corrected chi connectivity index (χ4v) is 3.13. The van der Waals surface area contributed by atoms with E-state index in [9.17, 15) is 0 Å². The average Bonchev–Trinajstić information content (AvgIpc) is 2.80. The Morgan fingerprint density at radius 2 is 1.76 bits per heavy atom. The second kappa shape index (κ2) is 13.6. The number of pyridine rings is 2. The Balaban J connectivity index is 0.00000122. The summed E-state index contributed by atoms with van der Waals surface area (Å²) in [6.07, 6.45) is 11.1. The van der Waals surface area contributed by atoms with Gasteiger partial charge in [0.2, 0.25) is 0 Å². The number of hydrogen-bond acceptors (Lipinski definition) is 4. The molecule has 0 aliphatic rings. The highest BCUT2D eigenvalue weighted by molar-refractivity contribution is 6.10. The third-order valence-corrected chi connectivity index (χ3v) is 4.57. The zero-order valence-electron chi connectivity index (χ0n) is 20.2. The van der Waals surface area contributed by atoms with Crippen molar-refractivity contribution >= 4 is 17.6 Å². The molecule has 0 aliphatic heterocycles. The van der Waals surface area contributed by atoms with Gasteiger partial charge in [-0.25, -0.2) is 4.98 Å². The molecule has 4 heteroatoms. The average molecular weight is 439 g/mol. The molecule has 3 aromatic rings. The van der Waals surface area contributed by atoms with Crippen molar-refractivity contribution in [3.63, 3.8) is 0 Å². The van der Waals surface area contributed by atoms with E-state index in [4.69, 9.17) is 0 Å². The van der Waals surface area contributed by atoms with Gasteiger partial charge in [-0.05, 0) is 47.9 Å². The molecule has 0 radical (unpaired) electrons. The minimum Gasteiger partial charge on any atom is -0.344 e. The van der Waals surface area contributed by atoms with Gasteiger partial charge in [0.25, 0.3) is 0 Å². The van der Waals surface area contributed by atoms with E-state index in [1.165, 1.54) is 23.1 Å². The number of allylic oxidation sites excluding steroid dienone is 4. The number of aryl methyl sites for hydroxylation is 1. The predicted molar refractivity (Wildman–Crippen MR) is 144 cm³/mol. The van der Waals surface area contributed by atoms with Gasteiger partial charge in [-0.2, -0.15) is 0 Å². The van der Waals surface area contributed by atoms with Crippen LogP contribution in [0.15, 0.2) is 96.9 Å². The van der Waals surface area contributed by atoms with Crippen molar-refractivity contribution in [3.8, 4) is 11.1 Å². The van der Waals surface area contributed by atoms with Crippen LogP contribution in [0.25, 0.3) is 16.7 Å². The fraction of sp³-hybridized carbons (Fsp3) is 0.207. The topological polar surface area (TPSA) is 50.2 Å². The first-order valence-electron chi connectivity index (χ1n) is 11.2. The van der Waals surface area contributed by atoms with Crippen LogP contribution in [0, 0.1) is 6.92 Å². The summed E-state index contributed by atoms with van der Waals surface area (Å²) in [6, 6.07) is 16.6. The first-order chi connectivity index (χ1) is 16.0. The molecule has 2 heterocycles. The number of nitrogens with zero attached hydrogens (tertiary/aromatic N) is 3. The van der Waals surface area contributed by atoms with Crippen molar-refractivity contribution in [1.29, 1.82) is 0 Å². The van der Waals surface area contributed by atoms with Crippen molar-refractivity contribution < 1.29 is 0 Å². The Kier molecular flexibility index (Phi) is 10.5. The van der Waals surface area contributed by atoms with Crippen LogP contribution in [-0.2, 0) is 6.42 Å². The number of aliphatic imine (C=N–C) groups is 1. The molecular formula is C29H34N4. The lowest BCUT2D eigenvalue weighted by molar-refractivity contribution is 1.09. The Morgan fingerprint density at radius 1 is 1.03 bits per heavy atom. The third kappa shape index (κ3) is 8.34. The first kappa shape index (κ1) is 25.5. The van der Waals surface area contributed by atoms with E-state index in [1.54, 1.807) is 19.3 Å². The maximum absolute atomic E-state index is 4.49. The van der Waals surface area contributed by atoms with Crippen molar-refractivity contribution in [2.24, 2.45) is 4.99 Å². The molecule has 0 atom stereocenters. The molecule has 33 heavy (non-hydrogen) atoms. The van der Waals surface area contributed by atoms with E-state index in [0.29, 0.717) is 0 Å². The number of nitrogens with one attached hydrogen (secondary N) is 1. The normalized spacial score (nSPS) is 11.0. The number of anilines is 1. The lowest BCUT2D eigenvalue weighted by Gasteiger charge is -2.11. The summed E-state index contributed by atoms with van der Waals surface area (Å²) in [7, 11) is 1.74. The summed E-state index contributed by atoms with van der Waals surface area (Å²) in [6.45, 7) is 14.1. The molecule has 1 N–H and O–H groups in total. The van der Waals surface area contributed by atoms with Crippen molar-refractivity contribution in [3.05, 3.63) is 109 Å². The molecule has 0 aliphatic carbocycles. The summed E-state index contributed by atoms with van der Waals surface area (Å²) in [5.41, 5.74) is 7.40. The molecule has 170 valence electrons. The Hall–Kier alpha value is -3.79. The lowest BCUT2D eigenvalue weighted by atomic mass is 10.0. The Bertz CT molecular complexity index is 1090. The number of rotatable bonds is 8. The summed E-state index contributed by atoms with van der Waals surface area (Å²) in [4.78, 5) is 12.8. The van der Waals surface area contributed by atoms with Gasteiger partial charge in [-0.1, -0.05) is 69.8 Å². The minimum absolute atomic E-state index is 0.725. The van der Waals surface area contributed by atoms with Gasteiger partial charge in [-0.3, -0.25) is 9.98 Å². The zero-order valence-corrected chi connectivity index (χ0v) is 20.2. The van der Waals surface area contributed by atoms with Gasteiger partial charge in [0.15, 0.2) is 0 Å². The SMILES string of the molecule is C=C/C=C(\C=NC)c1ccc(NC(=C)Cc2ccc(-c3ccnc(C)c3)cc2)nc1.CCC. The van der Waals surface area contributed by atoms with Crippen molar-refractivity contribution in [2.45, 2.75) is 33.6 Å². The maximum atomic E-state index is 4.49. The monoisotopic (exact) mass is 438 g/mol. The summed E-state index contributed by atoms with van der Waals surface area (Å²) in [5.74, 6) is 0.763. The van der Waals surface area contributed by atoms with Gasteiger partial charge in [-0.15, -0.1) is 0 Å². The highest BCUT2D eigenvalue weighted by Gasteiger charge is 2.04. The zero-order chi connectivity index (χ0) is 24.1. The van der Waals surface area contributed by atoms with Gasteiger partial charge in [0.05, 0.1) is 0 Å². The number of aromatic nitrogens is 2. The van der Waals surface area contributed by atoms with Gasteiger partial charge < -0.3 is 5.32 Å². The van der Waals surface area contributed by atoms with Gasteiger partial charge >= 0.3 is 0 Å². The van der Waals surface area contributed by atoms with Crippen LogP contribution in [0.2, 0.25) is 0 Å². The van der Waals surface area contributed by atoms with E-state index in [2.05, 4.69) is 77.6 Å². The quantitative estimate of drug-likeness (QED) is 0.296. The van der Waals surface area contributed by atoms with Crippen LogP contribution in [0.4, 0.5) is 5.82 Å². The number of benzene rings is 1. The van der Waals surface area contributed by atoms with E-state index >= 15 is 0 Å². The Morgan fingerprint density at radius 3 is 2.33 bits per heavy atom. The molecule has 0 fully saturated rings. The van der Waals surface area contributed by atoms with Crippen LogP contribution in [0.5, 0.6) is 0 Å². The largest absolute Gasteiger partial charge is 0.344 e. The van der Waals surface area contributed by atoms with Crippen LogP contribution >= 0.6 is 0 Å². The van der Waals surface area contributed by atoms with Crippen LogP contribution < -0.4 is 5.32 Å². The van der Waals surface area contributed by atoms with E-state index in [-0.39, 0.29) is 0 Å². The molecular weight excluding hydrogens is 404 g/mol.